The van der Waals surface area contributed by atoms with Gasteiger partial charge in [-0.15, -0.1) is 0 Å². The summed E-state index contributed by atoms with van der Waals surface area (Å²) in [7, 11) is 3.37. The van der Waals surface area contributed by atoms with E-state index in [1.165, 1.54) is 5.56 Å². The van der Waals surface area contributed by atoms with Crippen molar-refractivity contribution in [1.29, 1.82) is 0 Å². The Kier molecular flexibility index (Phi) is 10.1. The fourth-order valence-corrected chi connectivity index (χ4v) is 5.25. The number of nitrogens with zero attached hydrogens (tertiary/aromatic N) is 1. The van der Waals surface area contributed by atoms with Crippen LogP contribution < -0.4 is 9.47 Å². The zero-order chi connectivity index (χ0) is 27.8. The summed E-state index contributed by atoms with van der Waals surface area (Å²) in [5, 5.41) is 10.7. The Bertz CT molecular complexity index is 1080. The van der Waals surface area contributed by atoms with Crippen LogP contribution in [0.25, 0.3) is 0 Å². The average molecular weight is 532 g/mol. The summed E-state index contributed by atoms with van der Waals surface area (Å²) in [5.74, 6) is 1.68. The number of hydrogen-bond donors (Lipinski definition) is 1. The van der Waals surface area contributed by atoms with Crippen molar-refractivity contribution in [2.45, 2.75) is 70.2 Å². The Balaban J connectivity index is 1.28. The summed E-state index contributed by atoms with van der Waals surface area (Å²) in [6.45, 7) is 9.67. The fourth-order valence-electron chi connectivity index (χ4n) is 5.25. The van der Waals surface area contributed by atoms with E-state index in [1.807, 2.05) is 24.3 Å². The first-order valence-corrected chi connectivity index (χ1v) is 14.2. The molecule has 3 aromatic rings. The van der Waals surface area contributed by atoms with Gasteiger partial charge in [0.2, 0.25) is 0 Å². The van der Waals surface area contributed by atoms with Crippen LogP contribution >= 0.6 is 0 Å². The van der Waals surface area contributed by atoms with Crippen LogP contribution in [0.1, 0.15) is 80.9 Å². The van der Waals surface area contributed by atoms with Gasteiger partial charge in [-0.1, -0.05) is 69.3 Å². The molecule has 1 aliphatic rings. The van der Waals surface area contributed by atoms with E-state index in [9.17, 15) is 5.11 Å². The van der Waals surface area contributed by atoms with Crippen LogP contribution in [0.2, 0.25) is 0 Å². The second-order valence-corrected chi connectivity index (χ2v) is 11.6. The van der Waals surface area contributed by atoms with Crippen LogP contribution in [-0.4, -0.2) is 50.0 Å². The van der Waals surface area contributed by atoms with Gasteiger partial charge in [0.05, 0.1) is 26.4 Å². The number of hydrogen-bond acceptors (Lipinski definition) is 5. The van der Waals surface area contributed by atoms with Crippen LogP contribution in [-0.2, 0) is 10.2 Å². The first-order chi connectivity index (χ1) is 18.8. The molecular formula is C34H45NO4. The molecule has 0 bridgehead atoms. The highest BCUT2D eigenvalue weighted by Crippen LogP contribution is 2.32. The van der Waals surface area contributed by atoms with Crippen LogP contribution in [0.4, 0.5) is 0 Å². The minimum atomic E-state index is -0.408. The molecule has 210 valence electrons. The molecule has 0 saturated carbocycles. The molecule has 1 N–H and O–H groups in total. The first-order valence-electron chi connectivity index (χ1n) is 14.2. The molecule has 0 aliphatic carbocycles. The smallest absolute Gasteiger partial charge is 0.118 e. The lowest BCUT2D eigenvalue weighted by molar-refractivity contribution is -0.0274. The van der Waals surface area contributed by atoms with Crippen LogP contribution in [0.5, 0.6) is 11.5 Å². The van der Waals surface area contributed by atoms with Gasteiger partial charge in [-0.05, 0) is 84.2 Å². The van der Waals surface area contributed by atoms with Crippen molar-refractivity contribution in [3.05, 3.63) is 95.1 Å². The minimum Gasteiger partial charge on any atom is -0.497 e. The maximum atomic E-state index is 10.7. The lowest BCUT2D eigenvalue weighted by atomic mass is 9.86. The zero-order valence-electron chi connectivity index (χ0n) is 24.2. The zero-order valence-corrected chi connectivity index (χ0v) is 24.2. The monoisotopic (exact) mass is 531 g/mol. The summed E-state index contributed by atoms with van der Waals surface area (Å²) in [6, 6.07) is 24.8. The van der Waals surface area contributed by atoms with Gasteiger partial charge in [0, 0.05) is 13.1 Å². The molecule has 39 heavy (non-hydrogen) atoms. The quantitative estimate of drug-likeness (QED) is 0.286. The molecule has 0 radical (unpaired) electrons. The van der Waals surface area contributed by atoms with Crippen molar-refractivity contribution in [2.24, 2.45) is 0 Å². The molecule has 1 atom stereocenters. The molecule has 1 aliphatic heterocycles. The van der Waals surface area contributed by atoms with E-state index >= 15 is 0 Å². The molecule has 3 aromatic carbocycles. The summed E-state index contributed by atoms with van der Waals surface area (Å²) in [6.07, 6.45) is 3.41. The number of benzene rings is 3. The average Bonchev–Trinajstić information content (AvgIpc) is 2.96. The second kappa shape index (κ2) is 13.5. The standard InChI is InChI=1S/C34H45NO4/c1-34(2,3)28-14-8-25(9-15-28)32(36)7-6-22-35-23-20-31(21-24-35)39-33(26-10-16-29(37-4)17-11-26)27-12-18-30(38-5)19-13-27/h8-19,31-33,36H,6-7,20-24H2,1-5H3. The Labute approximate surface area is 234 Å². The lowest BCUT2D eigenvalue weighted by Gasteiger charge is -2.34. The van der Waals surface area contributed by atoms with E-state index in [0.717, 1.165) is 73.5 Å². The van der Waals surface area contributed by atoms with Gasteiger partial charge in [-0.25, -0.2) is 0 Å². The molecule has 4 rings (SSSR count). The molecular weight excluding hydrogens is 486 g/mol. The van der Waals surface area contributed by atoms with Gasteiger partial charge in [-0.2, -0.15) is 0 Å². The van der Waals surface area contributed by atoms with Crippen LogP contribution in [0, 0.1) is 0 Å². The highest BCUT2D eigenvalue weighted by molar-refractivity contribution is 5.37. The number of ether oxygens (including phenoxy) is 3. The number of likely N-dealkylation sites (tertiary alicyclic amines) is 1. The third kappa shape index (κ3) is 8.07. The van der Waals surface area contributed by atoms with Crippen molar-refractivity contribution in [1.82, 2.24) is 4.90 Å². The Morgan fingerprint density at radius 2 is 1.26 bits per heavy atom. The predicted octanol–water partition coefficient (Wildman–Crippen LogP) is 7.09. The van der Waals surface area contributed by atoms with Gasteiger partial charge in [0.25, 0.3) is 0 Å². The minimum absolute atomic E-state index is 0.128. The van der Waals surface area contributed by atoms with E-state index in [2.05, 4.69) is 74.2 Å². The highest BCUT2D eigenvalue weighted by atomic mass is 16.5. The first kappa shape index (κ1) is 29.1. The molecule has 1 unspecified atom stereocenters. The number of aliphatic hydroxyl groups excluding tert-OH is 1. The van der Waals surface area contributed by atoms with E-state index in [-0.39, 0.29) is 17.6 Å². The Morgan fingerprint density at radius 1 is 0.769 bits per heavy atom. The van der Waals surface area contributed by atoms with E-state index in [1.54, 1.807) is 14.2 Å². The maximum Gasteiger partial charge on any atom is 0.118 e. The third-order valence-corrected chi connectivity index (χ3v) is 7.81. The Hall–Kier alpha value is -2.86. The SMILES string of the molecule is COc1ccc(C(OC2CCN(CCCC(O)c3ccc(C(C)(C)C)cc3)CC2)c2ccc(OC)cc2)cc1. The van der Waals surface area contributed by atoms with Crippen molar-refractivity contribution in [3.8, 4) is 11.5 Å². The van der Waals surface area contributed by atoms with Crippen molar-refractivity contribution in [2.75, 3.05) is 33.9 Å². The van der Waals surface area contributed by atoms with Gasteiger partial charge in [0.15, 0.2) is 0 Å². The molecule has 0 spiro atoms. The molecule has 0 amide bonds. The lowest BCUT2D eigenvalue weighted by Crippen LogP contribution is -2.38. The normalized spacial score (nSPS) is 15.9. The molecule has 5 heteroatoms. The molecule has 5 nitrogen and oxygen atoms in total. The van der Waals surface area contributed by atoms with E-state index in [4.69, 9.17) is 14.2 Å². The van der Waals surface area contributed by atoms with Crippen molar-refractivity contribution >= 4 is 0 Å². The highest BCUT2D eigenvalue weighted by Gasteiger charge is 2.25. The summed E-state index contributed by atoms with van der Waals surface area (Å²) >= 11 is 0. The number of methoxy groups -OCH3 is 2. The second-order valence-electron chi connectivity index (χ2n) is 11.6. The Morgan fingerprint density at radius 3 is 1.72 bits per heavy atom. The molecule has 1 saturated heterocycles. The van der Waals surface area contributed by atoms with Gasteiger partial charge < -0.3 is 24.2 Å². The topological polar surface area (TPSA) is 51.2 Å². The van der Waals surface area contributed by atoms with Crippen molar-refractivity contribution in [3.63, 3.8) is 0 Å². The largest absolute Gasteiger partial charge is 0.497 e. The van der Waals surface area contributed by atoms with Gasteiger partial charge in [0.1, 0.15) is 17.6 Å². The summed E-state index contributed by atoms with van der Waals surface area (Å²) in [4.78, 5) is 2.51. The van der Waals surface area contributed by atoms with E-state index < -0.39 is 6.10 Å². The van der Waals surface area contributed by atoms with Crippen molar-refractivity contribution < 1.29 is 19.3 Å². The molecule has 0 aromatic heterocycles. The summed E-state index contributed by atoms with van der Waals surface area (Å²) in [5.41, 5.74) is 4.67. The van der Waals surface area contributed by atoms with Gasteiger partial charge >= 0.3 is 0 Å². The van der Waals surface area contributed by atoms with Crippen LogP contribution in [0.3, 0.4) is 0 Å². The molecule has 1 fully saturated rings. The summed E-state index contributed by atoms with van der Waals surface area (Å²) < 4.78 is 17.5. The van der Waals surface area contributed by atoms with E-state index in [0.29, 0.717) is 0 Å². The van der Waals surface area contributed by atoms with Gasteiger partial charge in [-0.3, -0.25) is 0 Å². The maximum absolute atomic E-state index is 10.7. The van der Waals surface area contributed by atoms with Crippen LogP contribution in [0.15, 0.2) is 72.8 Å². The number of rotatable bonds is 11. The third-order valence-electron chi connectivity index (χ3n) is 7.81. The number of piperidine rings is 1. The fraction of sp³-hybridized carbons (Fsp3) is 0.471. The molecule has 1 heterocycles. The number of aliphatic hydroxyl groups is 1. The predicted molar refractivity (Wildman–Crippen MR) is 158 cm³/mol.